The van der Waals surface area contributed by atoms with E-state index in [1.807, 2.05) is 0 Å². The van der Waals surface area contributed by atoms with Crippen molar-refractivity contribution in [1.29, 1.82) is 0 Å². The van der Waals surface area contributed by atoms with Crippen LogP contribution < -0.4 is 5.32 Å². The van der Waals surface area contributed by atoms with Gasteiger partial charge in [0.2, 0.25) is 0 Å². The summed E-state index contributed by atoms with van der Waals surface area (Å²) in [5.41, 5.74) is 0. The molecule has 0 aromatic rings. The Balaban J connectivity index is 2.12. The van der Waals surface area contributed by atoms with Crippen molar-refractivity contribution in [2.75, 3.05) is 26.7 Å². The zero-order valence-electron chi connectivity index (χ0n) is 8.40. The highest BCUT2D eigenvalue weighted by Crippen LogP contribution is 2.19. The van der Waals surface area contributed by atoms with Crippen LogP contribution in [0.3, 0.4) is 0 Å². The van der Waals surface area contributed by atoms with E-state index in [1.54, 1.807) is 11.9 Å². The van der Waals surface area contributed by atoms with E-state index in [0.717, 1.165) is 25.9 Å². The summed E-state index contributed by atoms with van der Waals surface area (Å²) in [6.45, 7) is 1.82. The van der Waals surface area contributed by atoms with Crippen LogP contribution in [0.1, 0.15) is 19.3 Å². The van der Waals surface area contributed by atoms with Crippen LogP contribution in [0.25, 0.3) is 0 Å². The van der Waals surface area contributed by atoms with Gasteiger partial charge in [0.1, 0.15) is 0 Å². The van der Waals surface area contributed by atoms with Gasteiger partial charge in [-0.25, -0.2) is 0 Å². The molecule has 0 aromatic heterocycles. The van der Waals surface area contributed by atoms with Crippen LogP contribution >= 0.6 is 0 Å². The molecule has 1 rings (SSSR count). The molecule has 1 aliphatic rings. The summed E-state index contributed by atoms with van der Waals surface area (Å²) in [5, 5.41) is 3.26. The van der Waals surface area contributed by atoms with Crippen molar-refractivity contribution < 1.29 is 13.2 Å². The summed E-state index contributed by atoms with van der Waals surface area (Å²) in [7, 11) is 1.74. The summed E-state index contributed by atoms with van der Waals surface area (Å²) in [5.74, 6) is 0. The highest BCUT2D eigenvalue weighted by atomic mass is 19.4. The Morgan fingerprint density at radius 2 is 2.14 bits per heavy atom. The molecule has 1 atom stereocenters. The molecule has 0 bridgehead atoms. The zero-order valence-corrected chi connectivity index (χ0v) is 8.40. The second-order valence-electron chi connectivity index (χ2n) is 3.92. The van der Waals surface area contributed by atoms with Crippen molar-refractivity contribution in [1.82, 2.24) is 10.2 Å². The Labute approximate surface area is 82.5 Å². The first kappa shape index (κ1) is 11.8. The molecule has 0 aliphatic carbocycles. The van der Waals surface area contributed by atoms with Crippen LogP contribution in [0.2, 0.25) is 0 Å². The second kappa shape index (κ2) is 4.98. The Morgan fingerprint density at radius 3 is 2.64 bits per heavy atom. The van der Waals surface area contributed by atoms with E-state index in [2.05, 4.69) is 5.32 Å². The third-order valence-electron chi connectivity index (χ3n) is 2.47. The molecule has 0 radical (unpaired) electrons. The molecular formula is C9H17F3N2. The molecule has 2 nitrogen and oxygen atoms in total. The summed E-state index contributed by atoms with van der Waals surface area (Å²) in [6, 6.07) is 0.383. The molecule has 0 aromatic carbocycles. The van der Waals surface area contributed by atoms with Gasteiger partial charge in [0.15, 0.2) is 0 Å². The van der Waals surface area contributed by atoms with E-state index < -0.39 is 12.6 Å². The minimum atomic E-state index is -4.03. The first-order valence-corrected chi connectivity index (χ1v) is 4.96. The summed E-state index contributed by atoms with van der Waals surface area (Å²) < 4.78 is 35.7. The van der Waals surface area contributed by atoms with Crippen molar-refractivity contribution in [3.05, 3.63) is 0 Å². The van der Waals surface area contributed by atoms with Gasteiger partial charge in [-0.05, 0) is 26.4 Å². The number of likely N-dealkylation sites (N-methyl/N-ethyl adjacent to an activating group) is 1. The Hall–Kier alpha value is -0.290. The SMILES string of the molecule is CN(CCC(F)(F)F)C[C@@H]1CCCN1. The van der Waals surface area contributed by atoms with Crippen molar-refractivity contribution in [2.24, 2.45) is 0 Å². The Bertz CT molecular complexity index is 164. The number of alkyl halides is 3. The largest absolute Gasteiger partial charge is 0.390 e. The van der Waals surface area contributed by atoms with E-state index in [9.17, 15) is 13.2 Å². The van der Waals surface area contributed by atoms with E-state index in [1.165, 1.54) is 0 Å². The van der Waals surface area contributed by atoms with Gasteiger partial charge < -0.3 is 10.2 Å². The molecule has 1 aliphatic heterocycles. The maximum absolute atomic E-state index is 11.9. The van der Waals surface area contributed by atoms with Crippen LogP contribution in [0.15, 0.2) is 0 Å². The van der Waals surface area contributed by atoms with Crippen LogP contribution in [-0.2, 0) is 0 Å². The summed E-state index contributed by atoms with van der Waals surface area (Å²) in [6.07, 6.45) is -2.53. The molecule has 0 saturated carbocycles. The van der Waals surface area contributed by atoms with Crippen molar-refractivity contribution >= 4 is 0 Å². The van der Waals surface area contributed by atoms with E-state index in [-0.39, 0.29) is 6.54 Å². The lowest BCUT2D eigenvalue weighted by Gasteiger charge is -2.21. The van der Waals surface area contributed by atoms with E-state index in [4.69, 9.17) is 0 Å². The quantitative estimate of drug-likeness (QED) is 0.758. The topological polar surface area (TPSA) is 15.3 Å². The molecule has 5 heteroatoms. The molecule has 1 fully saturated rings. The van der Waals surface area contributed by atoms with Crippen LogP contribution in [-0.4, -0.2) is 43.8 Å². The molecule has 0 amide bonds. The first-order valence-electron chi connectivity index (χ1n) is 4.96. The highest BCUT2D eigenvalue weighted by molar-refractivity contribution is 4.76. The fraction of sp³-hybridized carbons (Fsp3) is 1.00. The standard InChI is InChI=1S/C9H17F3N2/c1-14(6-4-9(10,11)12)7-8-3-2-5-13-8/h8,13H,2-7H2,1H3/t8-/m0/s1. The van der Waals surface area contributed by atoms with Crippen LogP contribution in [0.5, 0.6) is 0 Å². The van der Waals surface area contributed by atoms with Gasteiger partial charge in [0, 0.05) is 19.1 Å². The lowest BCUT2D eigenvalue weighted by molar-refractivity contribution is -0.137. The van der Waals surface area contributed by atoms with Crippen LogP contribution in [0.4, 0.5) is 13.2 Å². The van der Waals surface area contributed by atoms with Crippen molar-refractivity contribution in [3.8, 4) is 0 Å². The minimum Gasteiger partial charge on any atom is -0.313 e. The predicted octanol–water partition coefficient (Wildman–Crippen LogP) is 1.62. The van der Waals surface area contributed by atoms with Crippen LogP contribution in [0, 0.1) is 0 Å². The Morgan fingerprint density at radius 1 is 1.43 bits per heavy atom. The van der Waals surface area contributed by atoms with Gasteiger partial charge in [-0.15, -0.1) is 0 Å². The van der Waals surface area contributed by atoms with Gasteiger partial charge in [0.25, 0.3) is 0 Å². The number of rotatable bonds is 4. The third-order valence-corrected chi connectivity index (χ3v) is 2.47. The average molecular weight is 210 g/mol. The minimum absolute atomic E-state index is 0.0989. The van der Waals surface area contributed by atoms with E-state index >= 15 is 0 Å². The zero-order chi connectivity index (χ0) is 10.6. The van der Waals surface area contributed by atoms with Gasteiger partial charge >= 0.3 is 6.18 Å². The van der Waals surface area contributed by atoms with E-state index in [0.29, 0.717) is 6.04 Å². The predicted molar refractivity (Wildman–Crippen MR) is 49.2 cm³/mol. The van der Waals surface area contributed by atoms with Gasteiger partial charge in [-0.3, -0.25) is 0 Å². The number of hydrogen-bond acceptors (Lipinski definition) is 2. The second-order valence-corrected chi connectivity index (χ2v) is 3.92. The maximum atomic E-state index is 11.9. The average Bonchev–Trinajstić information content (AvgIpc) is 2.52. The molecule has 84 valence electrons. The highest BCUT2D eigenvalue weighted by Gasteiger charge is 2.27. The van der Waals surface area contributed by atoms with Gasteiger partial charge in [-0.1, -0.05) is 0 Å². The van der Waals surface area contributed by atoms with Crippen molar-refractivity contribution in [3.63, 3.8) is 0 Å². The number of halogens is 3. The maximum Gasteiger partial charge on any atom is 0.390 e. The number of nitrogens with zero attached hydrogens (tertiary/aromatic N) is 1. The molecule has 1 heterocycles. The molecule has 14 heavy (non-hydrogen) atoms. The fourth-order valence-electron chi connectivity index (χ4n) is 1.70. The molecule has 1 saturated heterocycles. The fourth-order valence-corrected chi connectivity index (χ4v) is 1.70. The van der Waals surface area contributed by atoms with Crippen molar-refractivity contribution in [2.45, 2.75) is 31.5 Å². The lowest BCUT2D eigenvalue weighted by atomic mass is 10.2. The summed E-state index contributed by atoms with van der Waals surface area (Å²) in [4.78, 5) is 1.75. The summed E-state index contributed by atoms with van der Waals surface area (Å²) >= 11 is 0. The number of nitrogens with one attached hydrogen (secondary N) is 1. The first-order chi connectivity index (χ1) is 6.47. The molecule has 0 spiro atoms. The molecule has 1 N–H and O–H groups in total. The molecule has 0 unspecified atom stereocenters. The smallest absolute Gasteiger partial charge is 0.313 e. The monoisotopic (exact) mass is 210 g/mol. The number of hydrogen-bond donors (Lipinski definition) is 1. The lowest BCUT2D eigenvalue weighted by Crippen LogP contribution is -2.36. The van der Waals surface area contributed by atoms with Gasteiger partial charge in [-0.2, -0.15) is 13.2 Å². The van der Waals surface area contributed by atoms with Gasteiger partial charge in [0.05, 0.1) is 6.42 Å². The normalized spacial score (nSPS) is 23.4. The molecular weight excluding hydrogens is 193 g/mol. The third kappa shape index (κ3) is 4.81. The Kier molecular flexibility index (Phi) is 4.19.